The molecule has 0 aliphatic rings. The molecule has 0 saturated carbocycles. The molecule has 0 atom stereocenters. The Balaban J connectivity index is 3.92. The summed E-state index contributed by atoms with van der Waals surface area (Å²) in [6.07, 6.45) is 1.61. The number of nitrogens with one attached hydrogen (secondary N) is 2. The highest BCUT2D eigenvalue weighted by molar-refractivity contribution is 5.98. The van der Waals surface area contributed by atoms with Crippen LogP contribution in [0.2, 0.25) is 0 Å². The van der Waals surface area contributed by atoms with E-state index in [0.29, 0.717) is 6.54 Å². The third kappa shape index (κ3) is 5.00. The summed E-state index contributed by atoms with van der Waals surface area (Å²) >= 11 is 0. The number of carbonyl (C=O) groups is 1. The lowest BCUT2D eigenvalue weighted by molar-refractivity contribution is -0.123. The second-order valence-electron chi connectivity index (χ2n) is 2.90. The maximum Gasteiger partial charge on any atom is 0.222 e. The van der Waals surface area contributed by atoms with E-state index < -0.39 is 0 Å². The standard InChI is InChI=1S/C9H17N3O/c1-5-8(12-10-4)6-11-9(13)7(2)3/h5,7,10H,1,6H2,2-4H3,(H,11,13)/b12-8+. The zero-order chi connectivity index (χ0) is 10.3. The molecule has 0 fully saturated rings. The summed E-state index contributed by atoms with van der Waals surface area (Å²) in [6, 6.07) is 0. The first-order valence-electron chi connectivity index (χ1n) is 4.25. The van der Waals surface area contributed by atoms with Gasteiger partial charge >= 0.3 is 0 Å². The molecule has 13 heavy (non-hydrogen) atoms. The van der Waals surface area contributed by atoms with Crippen molar-refractivity contribution in [3.05, 3.63) is 12.7 Å². The number of hydrazone groups is 1. The Morgan fingerprint density at radius 3 is 2.62 bits per heavy atom. The van der Waals surface area contributed by atoms with E-state index >= 15 is 0 Å². The lowest BCUT2D eigenvalue weighted by atomic mass is 10.2. The van der Waals surface area contributed by atoms with Gasteiger partial charge < -0.3 is 10.7 Å². The van der Waals surface area contributed by atoms with Crippen LogP contribution >= 0.6 is 0 Å². The van der Waals surface area contributed by atoms with Crippen LogP contribution < -0.4 is 10.7 Å². The monoisotopic (exact) mass is 183 g/mol. The second kappa shape index (κ2) is 6.22. The Hall–Kier alpha value is -1.32. The highest BCUT2D eigenvalue weighted by atomic mass is 16.1. The quantitative estimate of drug-likeness (QED) is 0.482. The Kier molecular flexibility index (Phi) is 5.59. The number of amides is 1. The zero-order valence-electron chi connectivity index (χ0n) is 8.42. The van der Waals surface area contributed by atoms with Gasteiger partial charge in [0.05, 0.1) is 12.3 Å². The van der Waals surface area contributed by atoms with Gasteiger partial charge in [-0.25, -0.2) is 0 Å². The third-order valence-corrected chi connectivity index (χ3v) is 1.46. The van der Waals surface area contributed by atoms with Crippen LogP contribution in [0.1, 0.15) is 13.8 Å². The summed E-state index contributed by atoms with van der Waals surface area (Å²) in [5.41, 5.74) is 3.36. The fourth-order valence-electron chi connectivity index (χ4n) is 0.683. The summed E-state index contributed by atoms with van der Waals surface area (Å²) in [5, 5.41) is 6.64. The maximum atomic E-state index is 11.1. The minimum atomic E-state index is 0.000603. The lowest BCUT2D eigenvalue weighted by Gasteiger charge is -2.06. The van der Waals surface area contributed by atoms with Crippen molar-refractivity contribution < 1.29 is 4.79 Å². The van der Waals surface area contributed by atoms with Crippen molar-refractivity contribution in [1.29, 1.82) is 0 Å². The molecule has 2 N–H and O–H groups in total. The summed E-state index contributed by atoms with van der Waals surface area (Å²) in [5.74, 6) is 0.0197. The van der Waals surface area contributed by atoms with E-state index in [1.807, 2.05) is 13.8 Å². The fraction of sp³-hybridized carbons (Fsp3) is 0.556. The summed E-state index contributed by atoms with van der Waals surface area (Å²) in [4.78, 5) is 11.1. The van der Waals surface area contributed by atoms with Crippen LogP contribution in [0.4, 0.5) is 0 Å². The number of hydrogen-bond acceptors (Lipinski definition) is 3. The van der Waals surface area contributed by atoms with Gasteiger partial charge in [-0.15, -0.1) is 0 Å². The molecule has 0 aliphatic carbocycles. The average molecular weight is 183 g/mol. The van der Waals surface area contributed by atoms with Crippen molar-refractivity contribution >= 4 is 11.6 Å². The van der Waals surface area contributed by atoms with E-state index in [-0.39, 0.29) is 11.8 Å². The van der Waals surface area contributed by atoms with Crippen LogP contribution in [-0.4, -0.2) is 25.2 Å². The summed E-state index contributed by atoms with van der Waals surface area (Å²) in [7, 11) is 1.70. The molecule has 0 bridgehead atoms. The predicted molar refractivity (Wildman–Crippen MR) is 54.5 cm³/mol. The average Bonchev–Trinajstić information content (AvgIpc) is 2.11. The first-order chi connectivity index (χ1) is 6.11. The van der Waals surface area contributed by atoms with Gasteiger partial charge in [0.25, 0.3) is 0 Å². The molecule has 0 aromatic rings. The number of rotatable bonds is 5. The second-order valence-corrected chi connectivity index (χ2v) is 2.90. The van der Waals surface area contributed by atoms with Gasteiger partial charge in [0.15, 0.2) is 0 Å². The van der Waals surface area contributed by atoms with Gasteiger partial charge in [-0.05, 0) is 6.08 Å². The van der Waals surface area contributed by atoms with Gasteiger partial charge in [-0.1, -0.05) is 20.4 Å². The van der Waals surface area contributed by atoms with Crippen molar-refractivity contribution in [3.8, 4) is 0 Å². The Labute approximate surface area is 79.1 Å². The van der Waals surface area contributed by atoms with Crippen molar-refractivity contribution in [2.24, 2.45) is 11.0 Å². The molecule has 0 radical (unpaired) electrons. The van der Waals surface area contributed by atoms with E-state index in [4.69, 9.17) is 0 Å². The molecule has 0 rings (SSSR count). The normalized spacial score (nSPS) is 11.2. The molecule has 0 aromatic heterocycles. The van der Waals surface area contributed by atoms with Crippen molar-refractivity contribution in [2.75, 3.05) is 13.6 Å². The van der Waals surface area contributed by atoms with Crippen molar-refractivity contribution in [1.82, 2.24) is 10.7 Å². The van der Waals surface area contributed by atoms with Crippen LogP contribution in [0.3, 0.4) is 0 Å². The molecule has 74 valence electrons. The van der Waals surface area contributed by atoms with E-state index in [9.17, 15) is 4.79 Å². The number of nitrogens with zero attached hydrogens (tertiary/aromatic N) is 1. The smallest absolute Gasteiger partial charge is 0.222 e. The van der Waals surface area contributed by atoms with Gasteiger partial charge in [0, 0.05) is 13.0 Å². The van der Waals surface area contributed by atoms with E-state index in [2.05, 4.69) is 22.4 Å². The summed E-state index contributed by atoms with van der Waals surface area (Å²) < 4.78 is 0. The summed E-state index contributed by atoms with van der Waals surface area (Å²) in [6.45, 7) is 7.69. The molecule has 0 aromatic carbocycles. The Morgan fingerprint density at radius 2 is 2.23 bits per heavy atom. The topological polar surface area (TPSA) is 53.5 Å². The zero-order valence-corrected chi connectivity index (χ0v) is 8.42. The van der Waals surface area contributed by atoms with Crippen LogP contribution in [-0.2, 0) is 4.79 Å². The molecular formula is C9H17N3O. The first-order valence-corrected chi connectivity index (χ1v) is 4.25. The highest BCUT2D eigenvalue weighted by Crippen LogP contribution is 1.89. The van der Waals surface area contributed by atoms with Gasteiger partial charge in [0.1, 0.15) is 0 Å². The third-order valence-electron chi connectivity index (χ3n) is 1.46. The van der Waals surface area contributed by atoms with E-state index in [1.54, 1.807) is 13.1 Å². The minimum Gasteiger partial charge on any atom is -0.350 e. The number of carbonyl (C=O) groups excluding carboxylic acids is 1. The maximum absolute atomic E-state index is 11.1. The van der Waals surface area contributed by atoms with E-state index in [1.165, 1.54) is 0 Å². The molecule has 0 saturated heterocycles. The van der Waals surface area contributed by atoms with Crippen LogP contribution in [0.25, 0.3) is 0 Å². The largest absolute Gasteiger partial charge is 0.350 e. The predicted octanol–water partition coefficient (Wildman–Crippen LogP) is 0.520. The molecule has 0 heterocycles. The van der Waals surface area contributed by atoms with Crippen LogP contribution in [0, 0.1) is 5.92 Å². The highest BCUT2D eigenvalue weighted by Gasteiger charge is 2.05. The van der Waals surface area contributed by atoms with Crippen molar-refractivity contribution in [3.63, 3.8) is 0 Å². The minimum absolute atomic E-state index is 0.000603. The lowest BCUT2D eigenvalue weighted by Crippen LogP contribution is -2.32. The molecule has 4 heteroatoms. The molecular weight excluding hydrogens is 166 g/mol. The van der Waals surface area contributed by atoms with Crippen molar-refractivity contribution in [2.45, 2.75) is 13.8 Å². The van der Waals surface area contributed by atoms with Gasteiger partial charge in [-0.2, -0.15) is 5.10 Å². The van der Waals surface area contributed by atoms with Gasteiger partial charge in [0.2, 0.25) is 5.91 Å². The van der Waals surface area contributed by atoms with Gasteiger partial charge in [-0.3, -0.25) is 4.79 Å². The SMILES string of the molecule is C=C/C(CNC(=O)C(C)C)=N\NC. The Bertz CT molecular complexity index is 209. The fourth-order valence-corrected chi connectivity index (χ4v) is 0.683. The molecule has 0 spiro atoms. The van der Waals surface area contributed by atoms with E-state index in [0.717, 1.165) is 5.71 Å². The molecule has 1 amide bonds. The Morgan fingerprint density at radius 1 is 1.62 bits per heavy atom. The van der Waals surface area contributed by atoms with Crippen LogP contribution in [0.5, 0.6) is 0 Å². The van der Waals surface area contributed by atoms with Crippen LogP contribution in [0.15, 0.2) is 17.8 Å². The number of hydrogen-bond donors (Lipinski definition) is 2. The molecule has 4 nitrogen and oxygen atoms in total. The molecule has 0 unspecified atom stereocenters. The first kappa shape index (κ1) is 11.7. The molecule has 0 aliphatic heterocycles.